The van der Waals surface area contributed by atoms with Crippen molar-refractivity contribution in [1.29, 1.82) is 0 Å². The van der Waals surface area contributed by atoms with E-state index >= 15 is 0 Å². The van der Waals surface area contributed by atoms with Crippen LogP contribution in [0.4, 0.5) is 13.2 Å². The third-order valence-corrected chi connectivity index (χ3v) is 2.67. The first-order chi connectivity index (χ1) is 7.21. The third-order valence-electron chi connectivity index (χ3n) is 2.67. The van der Waals surface area contributed by atoms with Gasteiger partial charge in [0.15, 0.2) is 0 Å². The minimum absolute atomic E-state index is 0.188. The van der Waals surface area contributed by atoms with Crippen molar-refractivity contribution in [2.24, 2.45) is 5.73 Å². The molecule has 3 nitrogen and oxygen atoms in total. The highest BCUT2D eigenvalue weighted by atomic mass is 19.4. The second kappa shape index (κ2) is 4.89. The van der Waals surface area contributed by atoms with Gasteiger partial charge < -0.3 is 10.5 Å². The summed E-state index contributed by atoms with van der Waals surface area (Å²) < 4.78 is 44.0. The molecule has 0 bridgehead atoms. The maximum Gasteiger partial charge on any atom is 0.405 e. The molecule has 2 N–H and O–H groups in total. The number of ether oxygens (including phenoxy) is 1. The number of nitrogens with zero attached hydrogens (tertiary/aromatic N) is 1. The second-order valence-electron chi connectivity index (χ2n) is 4.56. The summed E-state index contributed by atoms with van der Waals surface area (Å²) in [6.45, 7) is 5.49. The highest BCUT2D eigenvalue weighted by Gasteiger charge is 2.47. The zero-order valence-electron chi connectivity index (χ0n) is 9.79. The van der Waals surface area contributed by atoms with Gasteiger partial charge in [0.25, 0.3) is 0 Å². The Morgan fingerprint density at radius 1 is 1.25 bits per heavy atom. The van der Waals surface area contributed by atoms with Crippen LogP contribution in [0.15, 0.2) is 0 Å². The van der Waals surface area contributed by atoms with Gasteiger partial charge in [0.05, 0.1) is 12.2 Å². The lowest BCUT2D eigenvalue weighted by Crippen LogP contribution is -2.60. The van der Waals surface area contributed by atoms with Gasteiger partial charge in [0.1, 0.15) is 6.04 Å². The van der Waals surface area contributed by atoms with Gasteiger partial charge in [-0.25, -0.2) is 0 Å². The van der Waals surface area contributed by atoms with E-state index in [0.717, 1.165) is 0 Å². The summed E-state index contributed by atoms with van der Waals surface area (Å²) in [5.41, 5.74) is 5.44. The predicted molar refractivity (Wildman–Crippen MR) is 55.1 cm³/mol. The topological polar surface area (TPSA) is 38.5 Å². The fourth-order valence-corrected chi connectivity index (χ4v) is 2.28. The largest absolute Gasteiger partial charge is 0.405 e. The molecule has 0 aromatic carbocycles. The Morgan fingerprint density at radius 2 is 1.69 bits per heavy atom. The Hall–Kier alpha value is -0.330. The van der Waals surface area contributed by atoms with E-state index in [0.29, 0.717) is 0 Å². The number of hydrogen-bond donors (Lipinski definition) is 1. The van der Waals surface area contributed by atoms with Crippen molar-refractivity contribution < 1.29 is 17.9 Å². The van der Waals surface area contributed by atoms with Gasteiger partial charge in [-0.05, 0) is 20.8 Å². The van der Waals surface area contributed by atoms with E-state index in [9.17, 15) is 13.2 Å². The molecule has 16 heavy (non-hydrogen) atoms. The van der Waals surface area contributed by atoms with Crippen LogP contribution in [0.5, 0.6) is 0 Å². The lowest BCUT2D eigenvalue weighted by atomic mass is 10.1. The molecule has 0 spiro atoms. The zero-order valence-corrected chi connectivity index (χ0v) is 9.79. The minimum Gasteiger partial charge on any atom is -0.373 e. The van der Waals surface area contributed by atoms with Crippen molar-refractivity contribution >= 4 is 0 Å². The molecule has 1 aliphatic heterocycles. The van der Waals surface area contributed by atoms with Crippen LogP contribution in [0.1, 0.15) is 20.8 Å². The van der Waals surface area contributed by atoms with Gasteiger partial charge in [0.2, 0.25) is 0 Å². The summed E-state index contributed by atoms with van der Waals surface area (Å²) >= 11 is 0. The van der Waals surface area contributed by atoms with Crippen LogP contribution in [-0.4, -0.2) is 48.5 Å². The minimum atomic E-state index is -4.29. The van der Waals surface area contributed by atoms with Crippen LogP contribution in [0, 0.1) is 0 Å². The Kier molecular flexibility index (Phi) is 4.20. The third kappa shape index (κ3) is 3.33. The fourth-order valence-electron chi connectivity index (χ4n) is 2.28. The van der Waals surface area contributed by atoms with Gasteiger partial charge in [-0.15, -0.1) is 0 Å². The molecule has 1 saturated heterocycles. The van der Waals surface area contributed by atoms with Crippen LogP contribution >= 0.6 is 0 Å². The summed E-state index contributed by atoms with van der Waals surface area (Å²) in [7, 11) is 0. The molecule has 96 valence electrons. The smallest absolute Gasteiger partial charge is 0.373 e. The monoisotopic (exact) mass is 240 g/mol. The summed E-state index contributed by atoms with van der Waals surface area (Å²) in [5, 5.41) is 0. The molecule has 0 radical (unpaired) electrons. The van der Waals surface area contributed by atoms with E-state index in [1.807, 2.05) is 0 Å². The molecule has 0 aliphatic carbocycles. The molecule has 0 aromatic rings. The van der Waals surface area contributed by atoms with Gasteiger partial charge >= 0.3 is 6.18 Å². The standard InChI is InChI=1S/C10H19F3N2O/c1-6-4-15(5-7(2)16-6)9(8(3)14)10(11,12)13/h6-9H,4-5,14H2,1-3H3/t6-,7+,8-,9+/m0/s1. The van der Waals surface area contributed by atoms with Crippen LogP contribution in [0.3, 0.4) is 0 Å². The van der Waals surface area contributed by atoms with Gasteiger partial charge in [-0.1, -0.05) is 0 Å². The van der Waals surface area contributed by atoms with Crippen LogP contribution in [0.25, 0.3) is 0 Å². The highest BCUT2D eigenvalue weighted by Crippen LogP contribution is 2.28. The lowest BCUT2D eigenvalue weighted by molar-refractivity contribution is -0.206. The lowest BCUT2D eigenvalue weighted by Gasteiger charge is -2.42. The summed E-state index contributed by atoms with van der Waals surface area (Å²) in [6.07, 6.45) is -4.66. The maximum atomic E-state index is 12.8. The van der Waals surface area contributed by atoms with E-state index in [2.05, 4.69) is 0 Å². The molecule has 1 fully saturated rings. The Balaban J connectivity index is 2.78. The van der Waals surface area contributed by atoms with Crippen LogP contribution < -0.4 is 5.73 Å². The average molecular weight is 240 g/mol. The summed E-state index contributed by atoms with van der Waals surface area (Å²) in [4.78, 5) is 1.38. The molecule has 0 aromatic heterocycles. The van der Waals surface area contributed by atoms with Crippen molar-refractivity contribution in [2.45, 2.75) is 51.2 Å². The van der Waals surface area contributed by atoms with Crippen molar-refractivity contribution in [3.8, 4) is 0 Å². The van der Waals surface area contributed by atoms with Crippen molar-refractivity contribution in [3.05, 3.63) is 0 Å². The molecule has 0 amide bonds. The first-order valence-electron chi connectivity index (χ1n) is 5.43. The van der Waals surface area contributed by atoms with E-state index in [4.69, 9.17) is 10.5 Å². The van der Waals surface area contributed by atoms with Crippen molar-refractivity contribution in [1.82, 2.24) is 4.90 Å². The SMILES string of the molecule is C[C@@H]1CN([C@H]([C@H](C)N)C(F)(F)F)C[C@H](C)O1. The van der Waals surface area contributed by atoms with Gasteiger partial charge in [-0.3, -0.25) is 4.90 Å². The molecule has 1 rings (SSSR count). The quantitative estimate of drug-likeness (QED) is 0.792. The molecule has 0 saturated carbocycles. The molecule has 4 atom stereocenters. The molecule has 1 heterocycles. The number of alkyl halides is 3. The zero-order chi connectivity index (χ0) is 12.5. The van der Waals surface area contributed by atoms with E-state index < -0.39 is 18.3 Å². The Morgan fingerprint density at radius 3 is 2.00 bits per heavy atom. The van der Waals surface area contributed by atoms with E-state index in [1.54, 1.807) is 13.8 Å². The molecular weight excluding hydrogens is 221 g/mol. The normalized spacial score (nSPS) is 32.4. The number of hydrogen-bond acceptors (Lipinski definition) is 3. The first kappa shape index (κ1) is 13.7. The first-order valence-corrected chi connectivity index (χ1v) is 5.43. The van der Waals surface area contributed by atoms with Gasteiger partial charge in [-0.2, -0.15) is 13.2 Å². The second-order valence-corrected chi connectivity index (χ2v) is 4.56. The van der Waals surface area contributed by atoms with E-state index in [-0.39, 0.29) is 25.3 Å². The van der Waals surface area contributed by atoms with Crippen molar-refractivity contribution in [2.75, 3.05) is 13.1 Å². The van der Waals surface area contributed by atoms with Gasteiger partial charge in [0, 0.05) is 19.1 Å². The Labute approximate surface area is 93.7 Å². The van der Waals surface area contributed by atoms with E-state index in [1.165, 1.54) is 11.8 Å². The number of morpholine rings is 1. The fraction of sp³-hybridized carbons (Fsp3) is 1.00. The maximum absolute atomic E-state index is 12.8. The predicted octanol–water partition coefficient (Wildman–Crippen LogP) is 1.37. The number of halogens is 3. The van der Waals surface area contributed by atoms with Crippen LogP contribution in [0.2, 0.25) is 0 Å². The molecule has 0 unspecified atom stereocenters. The highest BCUT2D eigenvalue weighted by molar-refractivity contribution is 4.89. The van der Waals surface area contributed by atoms with Crippen molar-refractivity contribution in [3.63, 3.8) is 0 Å². The average Bonchev–Trinajstić information content (AvgIpc) is 1.96. The molecule has 6 heteroatoms. The van der Waals surface area contributed by atoms with Crippen LogP contribution in [-0.2, 0) is 4.74 Å². The number of nitrogens with two attached hydrogens (primary N) is 1. The summed E-state index contributed by atoms with van der Waals surface area (Å²) in [5.74, 6) is 0. The molecular formula is C10H19F3N2O. The Bertz CT molecular complexity index is 223. The number of rotatable bonds is 2. The molecule has 1 aliphatic rings. The summed E-state index contributed by atoms with van der Waals surface area (Å²) in [6, 6.07) is -2.52.